The molecule has 21 heavy (non-hydrogen) atoms. The van der Waals surface area contributed by atoms with Gasteiger partial charge in [0.05, 0.1) is 25.3 Å². The highest BCUT2D eigenvalue weighted by molar-refractivity contribution is 5.89. The number of rotatable bonds is 5. The molecule has 5 nitrogen and oxygen atoms in total. The van der Waals surface area contributed by atoms with E-state index in [9.17, 15) is 4.79 Å². The highest BCUT2D eigenvalue weighted by atomic mass is 16.5. The maximum atomic E-state index is 11.9. The van der Waals surface area contributed by atoms with Crippen molar-refractivity contribution in [2.45, 2.75) is 13.5 Å². The van der Waals surface area contributed by atoms with Crippen LogP contribution in [0.3, 0.4) is 0 Å². The summed E-state index contributed by atoms with van der Waals surface area (Å²) in [5.74, 6) is 0.475. The van der Waals surface area contributed by atoms with Crippen LogP contribution in [0.4, 0.5) is 0 Å². The molecular weight excluding hydrogens is 270 g/mol. The molecular formula is C16H17NO4. The van der Waals surface area contributed by atoms with E-state index in [1.54, 1.807) is 30.3 Å². The molecule has 0 N–H and O–H groups in total. The van der Waals surface area contributed by atoms with Crippen LogP contribution in [0.15, 0.2) is 36.4 Å². The second-order valence-electron chi connectivity index (χ2n) is 4.41. The Labute approximate surface area is 123 Å². The minimum absolute atomic E-state index is 0.0970. The Kier molecular flexibility index (Phi) is 4.77. The van der Waals surface area contributed by atoms with E-state index in [1.165, 1.54) is 14.2 Å². The van der Waals surface area contributed by atoms with Gasteiger partial charge in [0.25, 0.3) is 0 Å². The average Bonchev–Trinajstić information content (AvgIpc) is 2.53. The van der Waals surface area contributed by atoms with Crippen LogP contribution in [0.5, 0.6) is 11.8 Å². The van der Waals surface area contributed by atoms with Crippen molar-refractivity contribution in [2.24, 2.45) is 0 Å². The first-order valence-corrected chi connectivity index (χ1v) is 6.46. The lowest BCUT2D eigenvalue weighted by Gasteiger charge is -2.12. The molecule has 0 atom stereocenters. The maximum Gasteiger partial charge on any atom is 0.338 e. The second-order valence-corrected chi connectivity index (χ2v) is 4.41. The van der Waals surface area contributed by atoms with E-state index in [2.05, 4.69) is 4.98 Å². The number of hydrogen-bond acceptors (Lipinski definition) is 5. The standard InChI is InChI=1S/C16H17NO4/c1-11-9-14(19-2)17-15(20-3)13(11)10-21-16(18)12-7-5-4-6-8-12/h4-9H,10H2,1-3H3. The third-order valence-electron chi connectivity index (χ3n) is 3.05. The molecule has 1 aromatic heterocycles. The Morgan fingerprint density at radius 1 is 1.14 bits per heavy atom. The van der Waals surface area contributed by atoms with Gasteiger partial charge in [0.15, 0.2) is 0 Å². The molecule has 1 heterocycles. The molecule has 5 heteroatoms. The normalized spacial score (nSPS) is 10.0. The van der Waals surface area contributed by atoms with Crippen molar-refractivity contribution in [3.63, 3.8) is 0 Å². The van der Waals surface area contributed by atoms with Crippen molar-refractivity contribution in [3.05, 3.63) is 53.1 Å². The van der Waals surface area contributed by atoms with Gasteiger partial charge in [-0.1, -0.05) is 18.2 Å². The third-order valence-corrected chi connectivity index (χ3v) is 3.05. The third kappa shape index (κ3) is 3.51. The highest BCUT2D eigenvalue weighted by Crippen LogP contribution is 2.25. The van der Waals surface area contributed by atoms with Crippen molar-refractivity contribution < 1.29 is 19.0 Å². The number of carbonyl (C=O) groups excluding carboxylic acids is 1. The zero-order chi connectivity index (χ0) is 15.2. The largest absolute Gasteiger partial charge is 0.481 e. The number of methoxy groups -OCH3 is 2. The molecule has 0 amide bonds. The van der Waals surface area contributed by atoms with E-state index in [0.717, 1.165) is 11.1 Å². The lowest BCUT2D eigenvalue weighted by molar-refractivity contribution is 0.0469. The first-order valence-electron chi connectivity index (χ1n) is 6.46. The van der Waals surface area contributed by atoms with Gasteiger partial charge in [0, 0.05) is 6.07 Å². The summed E-state index contributed by atoms with van der Waals surface area (Å²) in [6.07, 6.45) is 0. The number of pyridine rings is 1. The van der Waals surface area contributed by atoms with Crippen molar-refractivity contribution in [1.82, 2.24) is 4.98 Å². The van der Waals surface area contributed by atoms with Gasteiger partial charge in [-0.05, 0) is 24.6 Å². The number of esters is 1. The van der Waals surface area contributed by atoms with E-state index < -0.39 is 0 Å². The maximum absolute atomic E-state index is 11.9. The summed E-state index contributed by atoms with van der Waals surface area (Å²) in [5, 5.41) is 0. The monoisotopic (exact) mass is 287 g/mol. The fraction of sp³-hybridized carbons (Fsp3) is 0.250. The van der Waals surface area contributed by atoms with Gasteiger partial charge in [-0.2, -0.15) is 4.98 Å². The topological polar surface area (TPSA) is 57.7 Å². The molecule has 2 aromatic rings. The van der Waals surface area contributed by atoms with E-state index in [0.29, 0.717) is 17.3 Å². The van der Waals surface area contributed by atoms with Crippen molar-refractivity contribution in [3.8, 4) is 11.8 Å². The summed E-state index contributed by atoms with van der Waals surface area (Å²) in [5.41, 5.74) is 2.12. The van der Waals surface area contributed by atoms with Crippen molar-refractivity contribution in [1.29, 1.82) is 0 Å². The molecule has 0 saturated carbocycles. The first kappa shape index (κ1) is 14.8. The Hall–Kier alpha value is -2.56. The van der Waals surface area contributed by atoms with Gasteiger partial charge in [0.1, 0.15) is 6.61 Å². The Morgan fingerprint density at radius 3 is 2.48 bits per heavy atom. The van der Waals surface area contributed by atoms with E-state index in [1.807, 2.05) is 13.0 Å². The molecule has 0 aliphatic rings. The predicted molar refractivity (Wildman–Crippen MR) is 77.6 cm³/mol. The predicted octanol–water partition coefficient (Wildman–Crippen LogP) is 2.76. The van der Waals surface area contributed by atoms with Crippen LogP contribution >= 0.6 is 0 Å². The van der Waals surface area contributed by atoms with E-state index in [4.69, 9.17) is 14.2 Å². The molecule has 0 aliphatic heterocycles. The van der Waals surface area contributed by atoms with Crippen LogP contribution in [0.2, 0.25) is 0 Å². The van der Waals surface area contributed by atoms with E-state index in [-0.39, 0.29) is 12.6 Å². The Bertz CT molecular complexity index is 626. The molecule has 1 aromatic carbocycles. The fourth-order valence-electron chi connectivity index (χ4n) is 1.89. The molecule has 0 spiro atoms. The van der Waals surface area contributed by atoms with Crippen LogP contribution in [0.25, 0.3) is 0 Å². The molecule has 0 saturated heterocycles. The van der Waals surface area contributed by atoms with Crippen LogP contribution in [0, 0.1) is 6.92 Å². The molecule has 0 unspecified atom stereocenters. The van der Waals surface area contributed by atoms with Crippen LogP contribution in [-0.2, 0) is 11.3 Å². The molecule has 2 rings (SSSR count). The first-order chi connectivity index (χ1) is 10.2. The average molecular weight is 287 g/mol. The molecule has 0 fully saturated rings. The summed E-state index contributed by atoms with van der Waals surface area (Å²) in [6, 6.07) is 10.6. The number of hydrogen-bond donors (Lipinski definition) is 0. The molecule has 0 bridgehead atoms. The zero-order valence-electron chi connectivity index (χ0n) is 12.3. The Balaban J connectivity index is 2.15. The number of ether oxygens (including phenoxy) is 3. The minimum Gasteiger partial charge on any atom is -0.481 e. The summed E-state index contributed by atoms with van der Waals surface area (Å²) in [6.45, 7) is 1.98. The Morgan fingerprint density at radius 2 is 1.86 bits per heavy atom. The SMILES string of the molecule is COc1cc(C)c(COC(=O)c2ccccc2)c(OC)n1. The lowest BCUT2D eigenvalue weighted by atomic mass is 10.1. The number of aromatic nitrogens is 1. The van der Waals surface area contributed by atoms with Gasteiger partial charge in [0.2, 0.25) is 11.8 Å². The number of aryl methyl sites for hydroxylation is 1. The summed E-state index contributed by atoms with van der Waals surface area (Å²) >= 11 is 0. The zero-order valence-corrected chi connectivity index (χ0v) is 12.3. The summed E-state index contributed by atoms with van der Waals surface area (Å²) < 4.78 is 15.6. The van der Waals surface area contributed by atoms with Crippen molar-refractivity contribution in [2.75, 3.05) is 14.2 Å². The highest BCUT2D eigenvalue weighted by Gasteiger charge is 2.14. The summed E-state index contributed by atoms with van der Waals surface area (Å²) in [7, 11) is 3.06. The second kappa shape index (κ2) is 6.74. The van der Waals surface area contributed by atoms with Gasteiger partial charge in [-0.3, -0.25) is 0 Å². The summed E-state index contributed by atoms with van der Waals surface area (Å²) in [4.78, 5) is 16.1. The lowest BCUT2D eigenvalue weighted by Crippen LogP contribution is -2.08. The van der Waals surface area contributed by atoms with Gasteiger partial charge in [-0.15, -0.1) is 0 Å². The van der Waals surface area contributed by atoms with E-state index >= 15 is 0 Å². The fourth-order valence-corrected chi connectivity index (χ4v) is 1.89. The molecule has 0 aliphatic carbocycles. The van der Waals surface area contributed by atoms with Gasteiger partial charge < -0.3 is 14.2 Å². The molecule has 0 radical (unpaired) electrons. The minimum atomic E-state index is -0.382. The molecule has 110 valence electrons. The van der Waals surface area contributed by atoms with Crippen LogP contribution < -0.4 is 9.47 Å². The number of nitrogens with zero attached hydrogens (tertiary/aromatic N) is 1. The quantitative estimate of drug-likeness (QED) is 0.791. The number of benzene rings is 1. The van der Waals surface area contributed by atoms with Crippen LogP contribution in [0.1, 0.15) is 21.5 Å². The number of carbonyl (C=O) groups is 1. The van der Waals surface area contributed by atoms with Gasteiger partial charge >= 0.3 is 5.97 Å². The smallest absolute Gasteiger partial charge is 0.338 e. The van der Waals surface area contributed by atoms with Gasteiger partial charge in [-0.25, -0.2) is 4.79 Å². The van der Waals surface area contributed by atoms with Crippen molar-refractivity contribution >= 4 is 5.97 Å². The van der Waals surface area contributed by atoms with Crippen LogP contribution in [-0.4, -0.2) is 25.2 Å².